The molecule has 1 saturated carbocycles. The van der Waals surface area contributed by atoms with Crippen molar-refractivity contribution >= 4 is 11.6 Å². The first kappa shape index (κ1) is 13.4. The fourth-order valence-electron chi connectivity index (χ4n) is 2.34. The highest BCUT2D eigenvalue weighted by Crippen LogP contribution is 2.32. The van der Waals surface area contributed by atoms with Crippen molar-refractivity contribution in [1.82, 2.24) is 9.88 Å². The zero-order chi connectivity index (χ0) is 14.8. The fourth-order valence-corrected chi connectivity index (χ4v) is 2.34. The van der Waals surface area contributed by atoms with Crippen LogP contribution < -0.4 is 5.73 Å². The average Bonchev–Trinajstić information content (AvgIpc) is 3.31. The lowest BCUT2D eigenvalue weighted by molar-refractivity contribution is 0.0727. The number of pyridine rings is 1. The van der Waals surface area contributed by atoms with Crippen molar-refractivity contribution < 1.29 is 9.90 Å². The monoisotopic (exact) mass is 283 g/mol. The molecule has 0 bridgehead atoms. The third-order valence-electron chi connectivity index (χ3n) is 3.67. The highest BCUT2D eigenvalue weighted by molar-refractivity contribution is 5.97. The topological polar surface area (TPSA) is 79.5 Å². The Morgan fingerprint density at radius 1 is 1.33 bits per heavy atom. The third-order valence-corrected chi connectivity index (χ3v) is 3.67. The summed E-state index contributed by atoms with van der Waals surface area (Å²) in [4.78, 5) is 18.2. The summed E-state index contributed by atoms with van der Waals surface area (Å²) in [5.41, 5.74) is 7.84. The van der Waals surface area contributed by atoms with E-state index in [1.807, 2.05) is 24.3 Å². The van der Waals surface area contributed by atoms with Crippen LogP contribution in [-0.4, -0.2) is 26.9 Å². The van der Waals surface area contributed by atoms with Gasteiger partial charge in [-0.25, -0.2) is 0 Å². The lowest BCUT2D eigenvalue weighted by Gasteiger charge is -2.23. The minimum absolute atomic E-state index is 0.0887. The molecule has 21 heavy (non-hydrogen) atoms. The Hall–Kier alpha value is -2.56. The molecule has 0 spiro atoms. The van der Waals surface area contributed by atoms with Crippen LogP contribution in [-0.2, 0) is 6.54 Å². The molecule has 0 saturated heterocycles. The minimum Gasteiger partial charge on any atom is -0.505 e. The maximum atomic E-state index is 12.7. The molecule has 1 heterocycles. The van der Waals surface area contributed by atoms with Crippen molar-refractivity contribution in [1.29, 1.82) is 0 Å². The number of aromatic hydroxyl groups is 1. The number of nitrogens with zero attached hydrogens (tertiary/aromatic N) is 2. The summed E-state index contributed by atoms with van der Waals surface area (Å²) >= 11 is 0. The summed E-state index contributed by atoms with van der Waals surface area (Å²) in [7, 11) is 0. The number of amides is 1. The predicted molar refractivity (Wildman–Crippen MR) is 79.7 cm³/mol. The van der Waals surface area contributed by atoms with Crippen LogP contribution in [0.1, 0.15) is 28.8 Å². The van der Waals surface area contributed by atoms with E-state index in [1.54, 1.807) is 11.0 Å². The largest absolute Gasteiger partial charge is 0.505 e. The molecule has 1 aromatic carbocycles. The molecule has 1 aliphatic rings. The van der Waals surface area contributed by atoms with Crippen molar-refractivity contribution in [2.24, 2.45) is 0 Å². The summed E-state index contributed by atoms with van der Waals surface area (Å²) in [6.07, 6.45) is 4.78. The van der Waals surface area contributed by atoms with Gasteiger partial charge in [0.1, 0.15) is 5.75 Å². The molecule has 2 aromatic rings. The molecule has 0 radical (unpaired) electrons. The Morgan fingerprint density at radius 3 is 2.76 bits per heavy atom. The molecule has 3 rings (SSSR count). The number of nitrogens with two attached hydrogens (primary N) is 1. The van der Waals surface area contributed by atoms with E-state index in [0.717, 1.165) is 18.4 Å². The van der Waals surface area contributed by atoms with E-state index in [0.29, 0.717) is 12.2 Å². The lowest BCUT2D eigenvalue weighted by atomic mass is 10.1. The van der Waals surface area contributed by atoms with E-state index >= 15 is 0 Å². The van der Waals surface area contributed by atoms with E-state index in [-0.39, 0.29) is 23.3 Å². The van der Waals surface area contributed by atoms with Gasteiger partial charge in [-0.15, -0.1) is 0 Å². The maximum Gasteiger partial charge on any atom is 0.258 e. The van der Waals surface area contributed by atoms with Crippen molar-refractivity contribution in [3.63, 3.8) is 0 Å². The molecule has 0 aliphatic heterocycles. The quantitative estimate of drug-likeness (QED) is 0.843. The lowest BCUT2D eigenvalue weighted by Crippen LogP contribution is -2.33. The van der Waals surface area contributed by atoms with Gasteiger partial charge in [-0.2, -0.15) is 0 Å². The fraction of sp³-hybridized carbons (Fsp3) is 0.250. The van der Waals surface area contributed by atoms with Gasteiger partial charge < -0.3 is 15.7 Å². The normalized spacial score (nSPS) is 13.9. The zero-order valence-electron chi connectivity index (χ0n) is 11.6. The van der Waals surface area contributed by atoms with Gasteiger partial charge in [0.2, 0.25) is 0 Å². The van der Waals surface area contributed by atoms with Gasteiger partial charge in [0.05, 0.1) is 11.8 Å². The van der Waals surface area contributed by atoms with E-state index in [4.69, 9.17) is 5.73 Å². The summed E-state index contributed by atoms with van der Waals surface area (Å²) in [6.45, 7) is 0.456. The number of benzene rings is 1. The van der Waals surface area contributed by atoms with Gasteiger partial charge >= 0.3 is 0 Å². The first-order valence-corrected chi connectivity index (χ1v) is 6.94. The number of carbonyl (C=O) groups is 1. The van der Waals surface area contributed by atoms with Crippen molar-refractivity contribution in [3.8, 4) is 5.75 Å². The molecule has 5 heteroatoms. The van der Waals surface area contributed by atoms with Crippen LogP contribution in [0.2, 0.25) is 0 Å². The van der Waals surface area contributed by atoms with Gasteiger partial charge in [-0.1, -0.05) is 18.2 Å². The van der Waals surface area contributed by atoms with Crippen LogP contribution in [0.4, 0.5) is 5.69 Å². The van der Waals surface area contributed by atoms with Crippen molar-refractivity contribution in [2.45, 2.75) is 25.4 Å². The summed E-state index contributed by atoms with van der Waals surface area (Å²) in [5, 5.41) is 9.82. The standard InChI is InChI=1S/C16H17N3O2/c17-14-4-2-1-3-11(14)10-19(12-5-6-12)16(21)13-7-8-18-9-15(13)20/h1-4,7-9,12,20H,5-6,10,17H2. The van der Waals surface area contributed by atoms with Gasteiger partial charge in [0, 0.05) is 24.5 Å². The minimum atomic E-state index is -0.180. The Morgan fingerprint density at radius 2 is 2.10 bits per heavy atom. The van der Waals surface area contributed by atoms with Crippen LogP contribution in [0.15, 0.2) is 42.7 Å². The van der Waals surface area contributed by atoms with Gasteiger partial charge in [0.25, 0.3) is 5.91 Å². The van der Waals surface area contributed by atoms with Gasteiger partial charge in [-0.05, 0) is 30.5 Å². The third kappa shape index (κ3) is 2.81. The van der Waals surface area contributed by atoms with Crippen LogP contribution in [0.25, 0.3) is 0 Å². The zero-order valence-corrected chi connectivity index (χ0v) is 11.6. The first-order chi connectivity index (χ1) is 10.2. The van der Waals surface area contributed by atoms with Gasteiger partial charge in [-0.3, -0.25) is 9.78 Å². The smallest absolute Gasteiger partial charge is 0.258 e. The Labute approximate surface area is 123 Å². The van der Waals surface area contributed by atoms with Crippen molar-refractivity contribution in [3.05, 3.63) is 53.9 Å². The number of rotatable bonds is 4. The molecule has 5 nitrogen and oxygen atoms in total. The maximum absolute atomic E-state index is 12.7. The number of anilines is 1. The average molecular weight is 283 g/mol. The highest BCUT2D eigenvalue weighted by Gasteiger charge is 2.34. The predicted octanol–water partition coefficient (Wildman–Crippen LogP) is 2.17. The van der Waals surface area contributed by atoms with Crippen LogP contribution >= 0.6 is 0 Å². The number of carbonyl (C=O) groups excluding carboxylic acids is 1. The number of aromatic nitrogens is 1. The number of hydrogen-bond acceptors (Lipinski definition) is 4. The molecule has 0 unspecified atom stereocenters. The summed E-state index contributed by atoms with van der Waals surface area (Å²) in [5.74, 6) is -0.269. The highest BCUT2D eigenvalue weighted by atomic mass is 16.3. The van der Waals surface area contributed by atoms with E-state index in [9.17, 15) is 9.90 Å². The summed E-state index contributed by atoms with van der Waals surface area (Å²) in [6, 6.07) is 9.30. The Kier molecular flexibility index (Phi) is 3.48. The molecular weight excluding hydrogens is 266 g/mol. The molecule has 1 fully saturated rings. The van der Waals surface area contributed by atoms with Gasteiger partial charge in [0.15, 0.2) is 0 Å². The second-order valence-corrected chi connectivity index (χ2v) is 5.26. The van der Waals surface area contributed by atoms with E-state index in [1.165, 1.54) is 12.4 Å². The number of hydrogen-bond donors (Lipinski definition) is 2. The number of nitrogen functional groups attached to an aromatic ring is 1. The van der Waals surface area contributed by atoms with E-state index in [2.05, 4.69) is 4.98 Å². The van der Waals surface area contributed by atoms with Crippen molar-refractivity contribution in [2.75, 3.05) is 5.73 Å². The first-order valence-electron chi connectivity index (χ1n) is 6.94. The molecular formula is C16H17N3O2. The van der Waals surface area contributed by atoms with E-state index < -0.39 is 0 Å². The molecule has 108 valence electrons. The Bertz CT molecular complexity index is 668. The SMILES string of the molecule is Nc1ccccc1CN(C(=O)c1ccncc1O)C1CC1. The second-order valence-electron chi connectivity index (χ2n) is 5.26. The van der Waals surface area contributed by atoms with Crippen LogP contribution in [0.5, 0.6) is 5.75 Å². The molecule has 0 atom stereocenters. The Balaban J connectivity index is 1.87. The van der Waals surface area contributed by atoms with Crippen LogP contribution in [0, 0.1) is 0 Å². The molecule has 1 aliphatic carbocycles. The molecule has 3 N–H and O–H groups in total. The van der Waals surface area contributed by atoms with Crippen LogP contribution in [0.3, 0.4) is 0 Å². The second kappa shape index (κ2) is 5.44. The number of para-hydroxylation sites is 1. The molecule has 1 amide bonds. The summed E-state index contributed by atoms with van der Waals surface area (Å²) < 4.78 is 0. The molecule has 1 aromatic heterocycles.